The maximum absolute atomic E-state index is 12.2. The number of benzene rings is 1. The first-order valence-corrected chi connectivity index (χ1v) is 11.0. The van der Waals surface area contributed by atoms with E-state index in [1.54, 1.807) is 18.2 Å². The van der Waals surface area contributed by atoms with Crippen LogP contribution in [0.3, 0.4) is 0 Å². The largest absolute Gasteiger partial charge is 0.493 e. The van der Waals surface area contributed by atoms with Crippen molar-refractivity contribution in [3.63, 3.8) is 0 Å². The van der Waals surface area contributed by atoms with E-state index in [-0.39, 0.29) is 18.2 Å². The Morgan fingerprint density at radius 2 is 1.86 bits per heavy atom. The molecule has 158 valence electrons. The molecule has 1 aromatic carbocycles. The molecule has 1 aromatic rings. The molecule has 2 rings (SSSR count). The van der Waals surface area contributed by atoms with Crippen LogP contribution in [0.4, 0.5) is 0 Å². The fourth-order valence-electron chi connectivity index (χ4n) is 2.93. The van der Waals surface area contributed by atoms with Gasteiger partial charge in [-0.3, -0.25) is 4.79 Å². The second-order valence-corrected chi connectivity index (χ2v) is 8.43. The van der Waals surface area contributed by atoms with Crippen LogP contribution in [0, 0.1) is 0 Å². The van der Waals surface area contributed by atoms with Gasteiger partial charge in [-0.05, 0) is 18.2 Å². The van der Waals surface area contributed by atoms with E-state index < -0.39 is 10.0 Å². The smallest absolute Gasteiger partial charge is 0.251 e. The number of amides is 1. The summed E-state index contributed by atoms with van der Waals surface area (Å²) < 4.78 is 42.3. The van der Waals surface area contributed by atoms with Crippen LogP contribution in [0.25, 0.3) is 0 Å². The second-order valence-electron chi connectivity index (χ2n) is 6.50. The lowest BCUT2D eigenvalue weighted by atomic mass is 10.2. The Kier molecular flexibility index (Phi) is 8.97. The molecule has 1 heterocycles. The van der Waals surface area contributed by atoms with Crippen molar-refractivity contribution in [2.45, 2.75) is 6.42 Å². The molecule has 9 nitrogen and oxygen atoms in total. The number of carbonyl (C=O) groups excluding carboxylic acids is 1. The van der Waals surface area contributed by atoms with E-state index in [9.17, 15) is 13.2 Å². The summed E-state index contributed by atoms with van der Waals surface area (Å²) in [5, 5.41) is 2.61. The molecule has 0 saturated carbocycles. The molecular weight excluding hydrogens is 386 g/mol. The predicted octanol–water partition coefficient (Wildman–Crippen LogP) is -1.34. The monoisotopic (exact) mass is 416 g/mol. The number of carbonyl (C=O) groups is 1. The van der Waals surface area contributed by atoms with Gasteiger partial charge in [-0.1, -0.05) is 0 Å². The van der Waals surface area contributed by atoms with Gasteiger partial charge in [0.25, 0.3) is 5.91 Å². The van der Waals surface area contributed by atoms with E-state index in [1.165, 1.54) is 19.1 Å². The molecule has 10 heteroatoms. The minimum Gasteiger partial charge on any atom is -0.493 e. The van der Waals surface area contributed by atoms with Gasteiger partial charge < -0.3 is 24.4 Å². The van der Waals surface area contributed by atoms with Crippen molar-refractivity contribution < 1.29 is 32.3 Å². The van der Waals surface area contributed by atoms with E-state index in [2.05, 4.69) is 10.0 Å². The average molecular weight is 417 g/mol. The normalized spacial score (nSPS) is 15.2. The molecule has 0 aromatic heterocycles. The highest BCUT2D eigenvalue weighted by atomic mass is 32.2. The van der Waals surface area contributed by atoms with Gasteiger partial charge in [0, 0.05) is 25.1 Å². The number of quaternary nitrogens is 1. The Hall–Kier alpha value is -1.88. The van der Waals surface area contributed by atoms with Crippen LogP contribution in [0.5, 0.6) is 11.5 Å². The van der Waals surface area contributed by atoms with E-state index in [1.807, 2.05) is 0 Å². The zero-order valence-electron chi connectivity index (χ0n) is 16.5. The van der Waals surface area contributed by atoms with Crippen LogP contribution in [-0.2, 0) is 14.8 Å². The molecular formula is C18H30N3O6S+. The van der Waals surface area contributed by atoms with Crippen LogP contribution in [0.2, 0.25) is 0 Å². The lowest BCUT2D eigenvalue weighted by Gasteiger charge is -2.23. The highest BCUT2D eigenvalue weighted by molar-refractivity contribution is 7.89. The van der Waals surface area contributed by atoms with Gasteiger partial charge in [-0.25, -0.2) is 13.1 Å². The Labute approximate surface area is 166 Å². The summed E-state index contributed by atoms with van der Waals surface area (Å²) in [5.41, 5.74) is 0.372. The Balaban J connectivity index is 1.69. The van der Waals surface area contributed by atoms with Crippen molar-refractivity contribution in [3.05, 3.63) is 23.8 Å². The molecule has 3 N–H and O–H groups in total. The Morgan fingerprint density at radius 1 is 1.14 bits per heavy atom. The number of sulfonamides is 1. The molecule has 1 amide bonds. The quantitative estimate of drug-likeness (QED) is 0.386. The number of hydrogen-bond acceptors (Lipinski definition) is 6. The standard InChI is InChI=1S/C18H29N3O6S/c1-25-16-5-4-15(14-17(16)26-2)18(22)19-7-13-28(23,24)20-6-3-8-21-9-11-27-12-10-21/h4-5,14,20H,3,6-13H2,1-2H3,(H,19,22)/p+1. The highest BCUT2D eigenvalue weighted by Gasteiger charge is 2.15. The maximum Gasteiger partial charge on any atom is 0.251 e. The summed E-state index contributed by atoms with van der Waals surface area (Å²) >= 11 is 0. The van der Waals surface area contributed by atoms with Crippen molar-refractivity contribution in [2.75, 3.05) is 65.9 Å². The van der Waals surface area contributed by atoms with Gasteiger partial charge in [-0.2, -0.15) is 0 Å². The molecule has 1 fully saturated rings. The average Bonchev–Trinajstić information content (AvgIpc) is 2.71. The fourth-order valence-corrected chi connectivity index (χ4v) is 3.90. The third-order valence-corrected chi connectivity index (χ3v) is 5.92. The Bertz CT molecular complexity index is 735. The third-order valence-electron chi connectivity index (χ3n) is 4.53. The van der Waals surface area contributed by atoms with Crippen LogP contribution in [-0.4, -0.2) is 80.2 Å². The number of rotatable bonds is 11. The first-order chi connectivity index (χ1) is 13.4. The lowest BCUT2D eigenvalue weighted by molar-refractivity contribution is -0.908. The molecule has 28 heavy (non-hydrogen) atoms. The number of morpholine rings is 1. The molecule has 0 unspecified atom stereocenters. The van der Waals surface area contributed by atoms with Gasteiger partial charge in [0.1, 0.15) is 13.1 Å². The lowest BCUT2D eigenvalue weighted by Crippen LogP contribution is -3.14. The van der Waals surface area contributed by atoms with Gasteiger partial charge in [0.05, 0.1) is 39.7 Å². The maximum atomic E-state index is 12.2. The topological polar surface area (TPSA) is 107 Å². The minimum atomic E-state index is -3.43. The summed E-state index contributed by atoms with van der Waals surface area (Å²) in [7, 11) is -0.433. The molecule has 0 aliphatic carbocycles. The number of nitrogens with one attached hydrogen (secondary N) is 3. The molecule has 1 aliphatic rings. The predicted molar refractivity (Wildman–Crippen MR) is 105 cm³/mol. The summed E-state index contributed by atoms with van der Waals surface area (Å²) in [5.74, 6) is 0.417. The zero-order chi connectivity index (χ0) is 20.4. The van der Waals surface area contributed by atoms with Crippen molar-refractivity contribution in [1.82, 2.24) is 10.0 Å². The SMILES string of the molecule is COc1ccc(C(=O)NCCS(=O)(=O)NCCC[NH+]2CCOCC2)cc1OC. The molecule has 0 bridgehead atoms. The van der Waals surface area contributed by atoms with E-state index >= 15 is 0 Å². The van der Waals surface area contributed by atoms with Crippen molar-refractivity contribution in [2.24, 2.45) is 0 Å². The molecule has 1 aliphatic heterocycles. The van der Waals surface area contributed by atoms with Crippen LogP contribution >= 0.6 is 0 Å². The molecule has 0 atom stereocenters. The summed E-state index contributed by atoms with van der Waals surface area (Å²) in [6, 6.07) is 4.77. The summed E-state index contributed by atoms with van der Waals surface area (Å²) in [4.78, 5) is 13.6. The van der Waals surface area contributed by atoms with Crippen LogP contribution < -0.4 is 24.4 Å². The van der Waals surface area contributed by atoms with Crippen molar-refractivity contribution in [3.8, 4) is 11.5 Å². The van der Waals surface area contributed by atoms with Crippen molar-refractivity contribution in [1.29, 1.82) is 0 Å². The van der Waals surface area contributed by atoms with Crippen molar-refractivity contribution >= 4 is 15.9 Å². The first kappa shape index (κ1) is 22.4. The number of methoxy groups -OCH3 is 2. The number of ether oxygens (including phenoxy) is 3. The molecule has 1 saturated heterocycles. The minimum absolute atomic E-state index is 0.0250. The van der Waals surface area contributed by atoms with Gasteiger partial charge in [0.15, 0.2) is 11.5 Å². The zero-order valence-corrected chi connectivity index (χ0v) is 17.3. The van der Waals surface area contributed by atoms with E-state index in [0.29, 0.717) is 23.6 Å². The van der Waals surface area contributed by atoms with Gasteiger partial charge in [0.2, 0.25) is 10.0 Å². The van der Waals surface area contributed by atoms with E-state index in [4.69, 9.17) is 14.2 Å². The fraction of sp³-hybridized carbons (Fsp3) is 0.611. The highest BCUT2D eigenvalue weighted by Crippen LogP contribution is 2.27. The Morgan fingerprint density at radius 3 is 2.54 bits per heavy atom. The molecule has 0 spiro atoms. The van der Waals surface area contributed by atoms with Crippen LogP contribution in [0.1, 0.15) is 16.8 Å². The van der Waals surface area contributed by atoms with E-state index in [0.717, 1.165) is 39.3 Å². The molecule has 0 radical (unpaired) electrons. The van der Waals surface area contributed by atoms with Crippen LogP contribution in [0.15, 0.2) is 18.2 Å². The summed E-state index contributed by atoms with van der Waals surface area (Å²) in [6.45, 7) is 4.81. The second kappa shape index (κ2) is 11.2. The van der Waals surface area contributed by atoms with Gasteiger partial charge >= 0.3 is 0 Å². The first-order valence-electron chi connectivity index (χ1n) is 9.34. The number of hydrogen-bond donors (Lipinski definition) is 3. The third kappa shape index (κ3) is 7.27. The van der Waals surface area contributed by atoms with Gasteiger partial charge in [-0.15, -0.1) is 0 Å². The summed E-state index contributed by atoms with van der Waals surface area (Å²) in [6.07, 6.45) is 0.770.